The third-order valence-electron chi connectivity index (χ3n) is 3.09. The van der Waals surface area contributed by atoms with Gasteiger partial charge in [0.05, 0.1) is 0 Å². The van der Waals surface area contributed by atoms with Crippen molar-refractivity contribution in [3.8, 4) is 0 Å². The lowest BCUT2D eigenvalue weighted by atomic mass is 9.97. The van der Waals surface area contributed by atoms with Gasteiger partial charge >= 0.3 is 5.97 Å². The molecule has 0 aliphatic heterocycles. The van der Waals surface area contributed by atoms with E-state index in [-0.39, 0.29) is 17.7 Å². The number of hydrogen-bond donors (Lipinski definition) is 2. The number of carboxylic acid groups (broad SMARTS) is 1. The van der Waals surface area contributed by atoms with Gasteiger partial charge in [0.25, 0.3) is 0 Å². The first-order chi connectivity index (χ1) is 8.42. The highest BCUT2D eigenvalue weighted by atomic mass is 16.4. The van der Waals surface area contributed by atoms with Gasteiger partial charge in [-0.1, -0.05) is 40.5 Å². The van der Waals surface area contributed by atoms with Gasteiger partial charge in [-0.05, 0) is 25.2 Å². The van der Waals surface area contributed by atoms with Crippen molar-refractivity contribution in [3.05, 3.63) is 0 Å². The van der Waals surface area contributed by atoms with Gasteiger partial charge in [-0.15, -0.1) is 0 Å². The van der Waals surface area contributed by atoms with Crippen molar-refractivity contribution < 1.29 is 14.7 Å². The van der Waals surface area contributed by atoms with Crippen LogP contribution in [0.25, 0.3) is 0 Å². The van der Waals surface area contributed by atoms with E-state index in [2.05, 4.69) is 12.2 Å². The molecule has 2 N–H and O–H groups in total. The summed E-state index contributed by atoms with van der Waals surface area (Å²) in [4.78, 5) is 23.1. The number of unbranched alkanes of at least 4 members (excludes halogenated alkanes) is 1. The van der Waals surface area contributed by atoms with E-state index < -0.39 is 12.0 Å². The van der Waals surface area contributed by atoms with Crippen molar-refractivity contribution >= 4 is 11.9 Å². The van der Waals surface area contributed by atoms with Crippen molar-refractivity contribution in [3.63, 3.8) is 0 Å². The molecule has 0 aliphatic rings. The van der Waals surface area contributed by atoms with Gasteiger partial charge in [0.15, 0.2) is 0 Å². The number of aliphatic carboxylic acids is 1. The van der Waals surface area contributed by atoms with Crippen LogP contribution >= 0.6 is 0 Å². The van der Waals surface area contributed by atoms with E-state index in [0.29, 0.717) is 6.42 Å². The smallest absolute Gasteiger partial charge is 0.326 e. The first-order valence-corrected chi connectivity index (χ1v) is 6.95. The molecule has 1 amide bonds. The predicted molar refractivity (Wildman–Crippen MR) is 72.3 cm³/mol. The maximum atomic E-state index is 12.0. The molecule has 0 aromatic rings. The molecule has 0 fully saturated rings. The zero-order chi connectivity index (χ0) is 14.1. The van der Waals surface area contributed by atoms with Crippen LogP contribution in [-0.4, -0.2) is 23.0 Å². The third-order valence-corrected chi connectivity index (χ3v) is 3.09. The maximum Gasteiger partial charge on any atom is 0.326 e. The summed E-state index contributed by atoms with van der Waals surface area (Å²) in [6.45, 7) is 7.97. The number of nitrogens with one attached hydrogen (secondary N) is 1. The van der Waals surface area contributed by atoms with E-state index in [1.165, 1.54) is 0 Å². The average molecular weight is 257 g/mol. The first-order valence-electron chi connectivity index (χ1n) is 6.95. The molecule has 0 aromatic heterocycles. The summed E-state index contributed by atoms with van der Waals surface area (Å²) in [5.41, 5.74) is 0. The maximum absolute atomic E-state index is 12.0. The van der Waals surface area contributed by atoms with Crippen LogP contribution in [0.1, 0.15) is 59.8 Å². The number of amides is 1. The molecule has 0 radical (unpaired) electrons. The van der Waals surface area contributed by atoms with Crippen molar-refractivity contribution in [2.75, 3.05) is 0 Å². The summed E-state index contributed by atoms with van der Waals surface area (Å²) >= 11 is 0. The van der Waals surface area contributed by atoms with E-state index in [1.807, 2.05) is 20.8 Å². The lowest BCUT2D eigenvalue weighted by Crippen LogP contribution is -2.44. The topological polar surface area (TPSA) is 66.4 Å². The van der Waals surface area contributed by atoms with Crippen molar-refractivity contribution in [1.82, 2.24) is 5.32 Å². The summed E-state index contributed by atoms with van der Waals surface area (Å²) in [7, 11) is 0. The second-order valence-electron chi connectivity index (χ2n) is 5.28. The SMILES string of the molecule is CCCCC(CC)C(=O)N[C@@H](CC(C)C)C(=O)O. The molecule has 0 spiro atoms. The largest absolute Gasteiger partial charge is 0.480 e. The number of rotatable bonds is 9. The Labute approximate surface area is 110 Å². The summed E-state index contributed by atoms with van der Waals surface area (Å²) in [5.74, 6) is -0.859. The molecular formula is C14H27NO3. The molecule has 0 aromatic carbocycles. The Bertz CT molecular complexity index is 264. The molecule has 4 nitrogen and oxygen atoms in total. The van der Waals surface area contributed by atoms with Crippen LogP contribution in [0.4, 0.5) is 0 Å². The van der Waals surface area contributed by atoms with Gasteiger partial charge in [0.1, 0.15) is 6.04 Å². The highest BCUT2D eigenvalue weighted by Gasteiger charge is 2.24. The molecule has 0 bridgehead atoms. The number of carboxylic acids is 1. The Kier molecular flexibility index (Phi) is 8.42. The monoisotopic (exact) mass is 257 g/mol. The number of carbonyl (C=O) groups is 2. The van der Waals surface area contributed by atoms with Crippen LogP contribution < -0.4 is 5.32 Å². The standard InChI is InChI=1S/C14H27NO3/c1-5-7-8-11(6-2)13(16)15-12(14(17)18)9-10(3)4/h10-12H,5-9H2,1-4H3,(H,15,16)(H,17,18)/t11?,12-/m0/s1. The van der Waals surface area contributed by atoms with Crippen molar-refractivity contribution in [1.29, 1.82) is 0 Å². The van der Waals surface area contributed by atoms with Gasteiger partial charge in [-0.3, -0.25) is 4.79 Å². The Morgan fingerprint density at radius 2 is 1.83 bits per heavy atom. The van der Waals surface area contributed by atoms with Gasteiger partial charge in [0.2, 0.25) is 5.91 Å². The Morgan fingerprint density at radius 1 is 1.22 bits per heavy atom. The van der Waals surface area contributed by atoms with Crippen molar-refractivity contribution in [2.45, 2.75) is 65.8 Å². The lowest BCUT2D eigenvalue weighted by Gasteiger charge is -2.20. The van der Waals surface area contributed by atoms with Crippen LogP contribution in [0.15, 0.2) is 0 Å². The zero-order valence-electron chi connectivity index (χ0n) is 12.0. The normalized spacial score (nSPS) is 14.3. The van der Waals surface area contributed by atoms with Gasteiger partial charge in [0, 0.05) is 5.92 Å². The van der Waals surface area contributed by atoms with E-state index >= 15 is 0 Å². The predicted octanol–water partition coefficient (Wildman–Crippen LogP) is 2.82. The molecule has 18 heavy (non-hydrogen) atoms. The molecule has 4 heteroatoms. The Balaban J connectivity index is 4.41. The second-order valence-corrected chi connectivity index (χ2v) is 5.28. The Hall–Kier alpha value is -1.06. The van der Waals surface area contributed by atoms with E-state index in [1.54, 1.807) is 0 Å². The van der Waals surface area contributed by atoms with Gasteiger partial charge < -0.3 is 10.4 Å². The summed E-state index contributed by atoms with van der Waals surface area (Å²) in [6.07, 6.45) is 4.14. The summed E-state index contributed by atoms with van der Waals surface area (Å²) < 4.78 is 0. The molecule has 1 unspecified atom stereocenters. The molecular weight excluding hydrogens is 230 g/mol. The van der Waals surface area contributed by atoms with Crippen LogP contribution in [0.2, 0.25) is 0 Å². The minimum Gasteiger partial charge on any atom is -0.480 e. The molecule has 0 saturated heterocycles. The van der Waals surface area contributed by atoms with Crippen LogP contribution in [0.3, 0.4) is 0 Å². The highest BCUT2D eigenvalue weighted by molar-refractivity contribution is 5.84. The second kappa shape index (κ2) is 8.95. The highest BCUT2D eigenvalue weighted by Crippen LogP contribution is 2.14. The van der Waals surface area contributed by atoms with Crippen LogP contribution in [0, 0.1) is 11.8 Å². The fourth-order valence-corrected chi connectivity index (χ4v) is 1.95. The molecule has 106 valence electrons. The molecule has 0 rings (SSSR count). The fraction of sp³-hybridized carbons (Fsp3) is 0.857. The third kappa shape index (κ3) is 6.62. The molecule has 0 aliphatic carbocycles. The minimum atomic E-state index is -0.942. The van der Waals surface area contributed by atoms with Crippen molar-refractivity contribution in [2.24, 2.45) is 11.8 Å². The van der Waals surface area contributed by atoms with Gasteiger partial charge in [-0.25, -0.2) is 4.79 Å². The van der Waals surface area contributed by atoms with E-state index in [9.17, 15) is 9.59 Å². The number of carbonyl (C=O) groups excluding carboxylic acids is 1. The zero-order valence-corrected chi connectivity index (χ0v) is 12.0. The number of hydrogen-bond acceptors (Lipinski definition) is 2. The van der Waals surface area contributed by atoms with Crippen LogP contribution in [0.5, 0.6) is 0 Å². The molecule has 2 atom stereocenters. The lowest BCUT2D eigenvalue weighted by molar-refractivity contribution is -0.143. The Morgan fingerprint density at radius 3 is 2.22 bits per heavy atom. The fourth-order valence-electron chi connectivity index (χ4n) is 1.95. The van der Waals surface area contributed by atoms with Gasteiger partial charge in [-0.2, -0.15) is 0 Å². The van der Waals surface area contributed by atoms with E-state index in [0.717, 1.165) is 25.7 Å². The minimum absolute atomic E-state index is 0.0565. The molecule has 0 heterocycles. The summed E-state index contributed by atoms with van der Waals surface area (Å²) in [5, 5.41) is 11.8. The summed E-state index contributed by atoms with van der Waals surface area (Å²) in [6, 6.07) is -0.756. The average Bonchev–Trinajstić information content (AvgIpc) is 2.28. The molecule has 0 saturated carbocycles. The van der Waals surface area contributed by atoms with E-state index in [4.69, 9.17) is 5.11 Å². The van der Waals surface area contributed by atoms with Crippen LogP contribution in [-0.2, 0) is 9.59 Å². The quantitative estimate of drug-likeness (QED) is 0.667. The first kappa shape index (κ1) is 16.9.